The first kappa shape index (κ1) is 11.4. The summed E-state index contributed by atoms with van der Waals surface area (Å²) >= 11 is 0. The SMILES string of the molecule is CC1CC(N(C)C(C)C(N)C#N)CO1. The van der Waals surface area contributed by atoms with Gasteiger partial charge in [-0.15, -0.1) is 0 Å². The highest BCUT2D eigenvalue weighted by Gasteiger charge is 2.30. The molecule has 0 aromatic carbocycles. The van der Waals surface area contributed by atoms with E-state index in [0.29, 0.717) is 12.1 Å². The molecule has 4 heteroatoms. The van der Waals surface area contributed by atoms with Gasteiger partial charge in [-0.1, -0.05) is 0 Å². The molecule has 80 valence electrons. The zero-order valence-electron chi connectivity index (χ0n) is 9.10. The quantitative estimate of drug-likeness (QED) is 0.708. The van der Waals surface area contributed by atoms with Crippen LogP contribution in [0.4, 0.5) is 0 Å². The fourth-order valence-electron chi connectivity index (χ4n) is 1.77. The zero-order valence-corrected chi connectivity index (χ0v) is 9.10. The van der Waals surface area contributed by atoms with Crippen LogP contribution >= 0.6 is 0 Å². The highest BCUT2D eigenvalue weighted by molar-refractivity contribution is 4.96. The summed E-state index contributed by atoms with van der Waals surface area (Å²) in [5, 5.41) is 8.72. The molecule has 0 aromatic heterocycles. The lowest BCUT2D eigenvalue weighted by molar-refractivity contribution is 0.103. The van der Waals surface area contributed by atoms with E-state index in [1.807, 2.05) is 14.0 Å². The zero-order chi connectivity index (χ0) is 10.7. The van der Waals surface area contributed by atoms with Gasteiger partial charge >= 0.3 is 0 Å². The topological polar surface area (TPSA) is 62.3 Å². The predicted octanol–water partition coefficient (Wildman–Crippen LogP) is 0.335. The van der Waals surface area contributed by atoms with E-state index in [4.69, 9.17) is 15.7 Å². The molecule has 4 nitrogen and oxygen atoms in total. The maximum Gasteiger partial charge on any atom is 0.108 e. The molecule has 1 saturated heterocycles. The first-order chi connectivity index (χ1) is 6.56. The summed E-state index contributed by atoms with van der Waals surface area (Å²) in [4.78, 5) is 2.15. The van der Waals surface area contributed by atoms with E-state index in [1.165, 1.54) is 0 Å². The fraction of sp³-hybridized carbons (Fsp3) is 0.900. The van der Waals surface area contributed by atoms with Gasteiger partial charge in [-0.25, -0.2) is 0 Å². The van der Waals surface area contributed by atoms with Gasteiger partial charge in [-0.3, -0.25) is 4.90 Å². The molecule has 0 aliphatic carbocycles. The molecule has 0 radical (unpaired) electrons. The van der Waals surface area contributed by atoms with Gasteiger partial charge in [0.1, 0.15) is 6.04 Å². The Morgan fingerprint density at radius 1 is 1.64 bits per heavy atom. The summed E-state index contributed by atoms with van der Waals surface area (Å²) < 4.78 is 5.48. The Kier molecular flexibility index (Phi) is 3.87. The number of nitriles is 1. The molecule has 1 aliphatic rings. The van der Waals surface area contributed by atoms with Gasteiger partial charge in [0.05, 0.1) is 18.8 Å². The Labute approximate surface area is 85.6 Å². The van der Waals surface area contributed by atoms with Crippen LogP contribution in [-0.2, 0) is 4.74 Å². The van der Waals surface area contributed by atoms with Crippen LogP contribution in [0.3, 0.4) is 0 Å². The van der Waals surface area contributed by atoms with Crippen LogP contribution in [0, 0.1) is 11.3 Å². The second-order valence-electron chi connectivity index (χ2n) is 4.09. The molecule has 1 fully saturated rings. The molecule has 0 bridgehead atoms. The normalized spacial score (nSPS) is 31.4. The second-order valence-corrected chi connectivity index (χ2v) is 4.09. The van der Waals surface area contributed by atoms with Gasteiger partial charge in [0, 0.05) is 12.1 Å². The molecule has 1 rings (SSSR count). The number of likely N-dealkylation sites (N-methyl/N-ethyl adjacent to an activating group) is 1. The van der Waals surface area contributed by atoms with Crippen LogP contribution < -0.4 is 5.73 Å². The van der Waals surface area contributed by atoms with Crippen LogP contribution in [0.25, 0.3) is 0 Å². The number of hydrogen-bond donors (Lipinski definition) is 1. The van der Waals surface area contributed by atoms with Crippen molar-refractivity contribution in [2.24, 2.45) is 5.73 Å². The van der Waals surface area contributed by atoms with Crippen molar-refractivity contribution < 1.29 is 4.74 Å². The minimum atomic E-state index is -0.420. The number of hydrogen-bond acceptors (Lipinski definition) is 4. The minimum absolute atomic E-state index is 0.0823. The molecule has 0 spiro atoms. The lowest BCUT2D eigenvalue weighted by Gasteiger charge is -2.30. The van der Waals surface area contributed by atoms with E-state index in [2.05, 4.69) is 17.9 Å². The van der Waals surface area contributed by atoms with Crippen LogP contribution in [-0.4, -0.2) is 42.8 Å². The molecule has 4 atom stereocenters. The molecule has 14 heavy (non-hydrogen) atoms. The van der Waals surface area contributed by atoms with E-state index in [-0.39, 0.29) is 6.04 Å². The van der Waals surface area contributed by atoms with Gasteiger partial charge in [0.2, 0.25) is 0 Å². The Bertz CT molecular complexity index is 226. The number of nitrogens with zero attached hydrogens (tertiary/aromatic N) is 2. The monoisotopic (exact) mass is 197 g/mol. The van der Waals surface area contributed by atoms with Gasteiger partial charge < -0.3 is 10.5 Å². The van der Waals surface area contributed by atoms with E-state index < -0.39 is 6.04 Å². The summed E-state index contributed by atoms with van der Waals surface area (Å²) in [6.45, 7) is 4.81. The van der Waals surface area contributed by atoms with Crippen molar-refractivity contribution in [2.45, 2.75) is 44.5 Å². The first-order valence-corrected chi connectivity index (χ1v) is 5.05. The lowest BCUT2D eigenvalue weighted by atomic mass is 10.1. The van der Waals surface area contributed by atoms with Gasteiger partial charge in [-0.05, 0) is 27.3 Å². The minimum Gasteiger partial charge on any atom is -0.377 e. The van der Waals surface area contributed by atoms with Crippen LogP contribution in [0.2, 0.25) is 0 Å². The van der Waals surface area contributed by atoms with Crippen LogP contribution in [0.15, 0.2) is 0 Å². The highest BCUT2D eigenvalue weighted by atomic mass is 16.5. The van der Waals surface area contributed by atoms with Crippen molar-refractivity contribution >= 4 is 0 Å². The third-order valence-electron chi connectivity index (χ3n) is 3.06. The molecule has 1 aliphatic heterocycles. The van der Waals surface area contributed by atoms with Crippen molar-refractivity contribution in [3.8, 4) is 6.07 Å². The van der Waals surface area contributed by atoms with E-state index in [9.17, 15) is 0 Å². The Morgan fingerprint density at radius 2 is 2.29 bits per heavy atom. The molecule has 0 saturated carbocycles. The van der Waals surface area contributed by atoms with E-state index in [1.54, 1.807) is 0 Å². The van der Waals surface area contributed by atoms with Crippen molar-refractivity contribution in [1.29, 1.82) is 5.26 Å². The van der Waals surface area contributed by atoms with E-state index >= 15 is 0 Å². The summed E-state index contributed by atoms with van der Waals surface area (Å²) in [6.07, 6.45) is 1.35. The predicted molar refractivity (Wildman–Crippen MR) is 54.6 cm³/mol. The summed E-state index contributed by atoms with van der Waals surface area (Å²) in [5.74, 6) is 0. The molecule has 2 N–H and O–H groups in total. The number of rotatable bonds is 3. The number of ether oxygens (including phenoxy) is 1. The molecule has 0 amide bonds. The molecule has 4 unspecified atom stereocenters. The Hall–Kier alpha value is -0.630. The molecule has 1 heterocycles. The third kappa shape index (κ3) is 2.44. The van der Waals surface area contributed by atoms with Gasteiger partial charge in [0.25, 0.3) is 0 Å². The number of nitrogens with two attached hydrogens (primary N) is 1. The summed E-state index contributed by atoms with van der Waals surface area (Å²) in [7, 11) is 2.01. The van der Waals surface area contributed by atoms with Crippen molar-refractivity contribution in [2.75, 3.05) is 13.7 Å². The van der Waals surface area contributed by atoms with Gasteiger partial charge in [0.15, 0.2) is 0 Å². The van der Waals surface area contributed by atoms with Crippen LogP contribution in [0.1, 0.15) is 20.3 Å². The maximum atomic E-state index is 8.72. The first-order valence-electron chi connectivity index (χ1n) is 5.05. The van der Waals surface area contributed by atoms with Crippen molar-refractivity contribution in [3.63, 3.8) is 0 Å². The standard InChI is InChI=1S/C10H19N3O/c1-7-4-9(6-14-7)13(3)8(2)10(12)5-11/h7-10H,4,6,12H2,1-3H3. The molecule has 0 aromatic rings. The smallest absolute Gasteiger partial charge is 0.108 e. The molecular weight excluding hydrogens is 178 g/mol. The highest BCUT2D eigenvalue weighted by Crippen LogP contribution is 2.19. The summed E-state index contributed by atoms with van der Waals surface area (Å²) in [6, 6.07) is 2.14. The summed E-state index contributed by atoms with van der Waals surface area (Å²) in [5.41, 5.74) is 5.68. The van der Waals surface area contributed by atoms with Crippen molar-refractivity contribution in [1.82, 2.24) is 4.90 Å². The van der Waals surface area contributed by atoms with Gasteiger partial charge in [-0.2, -0.15) is 5.26 Å². The third-order valence-corrected chi connectivity index (χ3v) is 3.06. The fourth-order valence-corrected chi connectivity index (χ4v) is 1.77. The Morgan fingerprint density at radius 3 is 2.71 bits per heavy atom. The second kappa shape index (κ2) is 4.74. The average molecular weight is 197 g/mol. The lowest BCUT2D eigenvalue weighted by Crippen LogP contribution is -2.48. The van der Waals surface area contributed by atoms with Crippen LogP contribution in [0.5, 0.6) is 0 Å². The largest absolute Gasteiger partial charge is 0.377 e. The Balaban J connectivity index is 2.49. The van der Waals surface area contributed by atoms with Crippen molar-refractivity contribution in [3.05, 3.63) is 0 Å². The maximum absolute atomic E-state index is 8.72. The van der Waals surface area contributed by atoms with E-state index in [0.717, 1.165) is 13.0 Å². The molecular formula is C10H19N3O. The average Bonchev–Trinajstić information content (AvgIpc) is 2.61.